The van der Waals surface area contributed by atoms with Crippen LogP contribution in [-0.4, -0.2) is 27.9 Å². The molecule has 0 bridgehead atoms. The minimum absolute atomic E-state index is 0.196. The van der Waals surface area contributed by atoms with Crippen molar-refractivity contribution in [1.29, 1.82) is 0 Å². The van der Waals surface area contributed by atoms with E-state index in [1.807, 2.05) is 0 Å². The molecule has 1 amide bonds. The van der Waals surface area contributed by atoms with E-state index in [2.05, 4.69) is 5.32 Å². The Bertz CT molecular complexity index is 510. The zero-order valence-corrected chi connectivity index (χ0v) is 9.84. The minimum Gasteiger partial charge on any atom is -0.478 e. The lowest BCUT2D eigenvalue weighted by Crippen LogP contribution is -2.31. The number of non-ortho nitro benzene ring substituents is 1. The van der Waals surface area contributed by atoms with Crippen molar-refractivity contribution in [3.63, 3.8) is 0 Å². The Kier molecular flexibility index (Phi) is 3.98. The number of carbonyl (C=O) groups is 2. The molecule has 7 nitrogen and oxygen atoms in total. The summed E-state index contributed by atoms with van der Waals surface area (Å²) < 4.78 is 0. The van der Waals surface area contributed by atoms with Crippen molar-refractivity contribution in [2.45, 2.75) is 19.9 Å². The number of hydrogen-bond acceptors (Lipinski definition) is 4. The van der Waals surface area contributed by atoms with Gasteiger partial charge in [-0.15, -0.1) is 0 Å². The molecule has 0 atom stereocenters. The number of aromatic carboxylic acids is 1. The largest absolute Gasteiger partial charge is 0.478 e. The van der Waals surface area contributed by atoms with Gasteiger partial charge in [0.1, 0.15) is 0 Å². The number of carboxylic acid groups (broad SMARTS) is 1. The molecule has 96 valence electrons. The van der Waals surface area contributed by atoms with Crippen molar-refractivity contribution in [2.24, 2.45) is 0 Å². The van der Waals surface area contributed by atoms with Crippen LogP contribution in [0.5, 0.6) is 0 Å². The number of carbonyl (C=O) groups excluding carboxylic acids is 1. The standard InChI is InChI=1S/C11H12N2O5/c1-6(2)12-10(14)9-5-7(13(17)18)3-4-8(9)11(15)16/h3-6H,1-2H3,(H,12,14)(H,15,16). The maximum atomic E-state index is 11.8. The molecule has 0 saturated heterocycles. The van der Waals surface area contributed by atoms with E-state index in [9.17, 15) is 19.7 Å². The molecule has 0 unspecified atom stereocenters. The summed E-state index contributed by atoms with van der Waals surface area (Å²) in [4.78, 5) is 32.6. The third-order valence-corrected chi connectivity index (χ3v) is 2.11. The Morgan fingerprint density at radius 1 is 1.33 bits per heavy atom. The Balaban J connectivity index is 3.27. The quantitative estimate of drug-likeness (QED) is 0.622. The van der Waals surface area contributed by atoms with Gasteiger partial charge < -0.3 is 10.4 Å². The molecule has 7 heteroatoms. The van der Waals surface area contributed by atoms with E-state index in [4.69, 9.17) is 5.11 Å². The fourth-order valence-electron chi connectivity index (χ4n) is 1.36. The number of carboxylic acids is 1. The first kappa shape index (κ1) is 13.6. The van der Waals surface area contributed by atoms with E-state index >= 15 is 0 Å². The van der Waals surface area contributed by atoms with E-state index in [-0.39, 0.29) is 22.9 Å². The number of nitrogens with zero attached hydrogens (tertiary/aromatic N) is 1. The predicted octanol–water partition coefficient (Wildman–Crippen LogP) is 1.43. The molecule has 0 aliphatic heterocycles. The van der Waals surface area contributed by atoms with Crippen molar-refractivity contribution in [1.82, 2.24) is 5.32 Å². The maximum absolute atomic E-state index is 11.8. The lowest BCUT2D eigenvalue weighted by Gasteiger charge is -2.10. The predicted molar refractivity (Wildman–Crippen MR) is 62.7 cm³/mol. The fraction of sp³-hybridized carbons (Fsp3) is 0.273. The first-order chi connectivity index (χ1) is 8.32. The highest BCUT2D eigenvalue weighted by Crippen LogP contribution is 2.18. The van der Waals surface area contributed by atoms with Crippen LogP contribution in [0, 0.1) is 10.1 Å². The van der Waals surface area contributed by atoms with Crippen LogP contribution >= 0.6 is 0 Å². The Morgan fingerprint density at radius 2 is 1.94 bits per heavy atom. The monoisotopic (exact) mass is 252 g/mol. The minimum atomic E-state index is -1.31. The van der Waals surface area contributed by atoms with Crippen molar-refractivity contribution >= 4 is 17.6 Å². The molecular weight excluding hydrogens is 240 g/mol. The molecular formula is C11H12N2O5. The summed E-state index contributed by atoms with van der Waals surface area (Å²) in [6.45, 7) is 3.41. The van der Waals surface area contributed by atoms with Gasteiger partial charge in [-0.2, -0.15) is 0 Å². The van der Waals surface area contributed by atoms with Gasteiger partial charge in [-0.25, -0.2) is 4.79 Å². The van der Waals surface area contributed by atoms with Crippen molar-refractivity contribution in [2.75, 3.05) is 0 Å². The van der Waals surface area contributed by atoms with Gasteiger partial charge in [0, 0.05) is 18.2 Å². The highest BCUT2D eigenvalue weighted by Gasteiger charge is 2.20. The van der Waals surface area contributed by atoms with Gasteiger partial charge in [0.2, 0.25) is 0 Å². The smallest absolute Gasteiger partial charge is 0.336 e. The van der Waals surface area contributed by atoms with Gasteiger partial charge in [0.05, 0.1) is 16.1 Å². The number of benzene rings is 1. The second kappa shape index (κ2) is 5.26. The molecule has 18 heavy (non-hydrogen) atoms. The number of hydrogen-bond donors (Lipinski definition) is 2. The number of amides is 1. The molecule has 0 saturated carbocycles. The van der Waals surface area contributed by atoms with Gasteiger partial charge in [-0.3, -0.25) is 14.9 Å². The normalized spacial score (nSPS) is 10.2. The van der Waals surface area contributed by atoms with E-state index in [0.29, 0.717) is 0 Å². The molecule has 2 N–H and O–H groups in total. The zero-order chi connectivity index (χ0) is 13.9. The van der Waals surface area contributed by atoms with Gasteiger partial charge in [-0.1, -0.05) is 0 Å². The summed E-state index contributed by atoms with van der Waals surface area (Å²) in [5.41, 5.74) is -0.807. The van der Waals surface area contributed by atoms with E-state index < -0.39 is 16.8 Å². The highest BCUT2D eigenvalue weighted by molar-refractivity contribution is 6.05. The van der Waals surface area contributed by atoms with Crippen LogP contribution in [-0.2, 0) is 0 Å². The molecule has 1 aromatic carbocycles. The van der Waals surface area contributed by atoms with Gasteiger partial charge in [-0.05, 0) is 19.9 Å². The fourth-order valence-corrected chi connectivity index (χ4v) is 1.36. The molecule has 0 aromatic heterocycles. The summed E-state index contributed by atoms with van der Waals surface area (Å²) in [7, 11) is 0. The average Bonchev–Trinajstić information content (AvgIpc) is 2.26. The first-order valence-corrected chi connectivity index (χ1v) is 5.15. The van der Waals surface area contributed by atoms with Crippen LogP contribution in [0.2, 0.25) is 0 Å². The molecule has 0 heterocycles. The maximum Gasteiger partial charge on any atom is 0.336 e. The van der Waals surface area contributed by atoms with Gasteiger partial charge >= 0.3 is 5.97 Å². The van der Waals surface area contributed by atoms with Crippen LogP contribution in [0.15, 0.2) is 18.2 Å². The summed E-state index contributed by atoms with van der Waals surface area (Å²) >= 11 is 0. The second-order valence-electron chi connectivity index (χ2n) is 3.92. The van der Waals surface area contributed by atoms with E-state index in [0.717, 1.165) is 18.2 Å². The Hall–Kier alpha value is -2.44. The summed E-state index contributed by atoms with van der Waals surface area (Å²) in [5.74, 6) is -1.95. The van der Waals surface area contributed by atoms with E-state index in [1.165, 1.54) is 0 Å². The lowest BCUT2D eigenvalue weighted by molar-refractivity contribution is -0.384. The third kappa shape index (κ3) is 3.03. The lowest BCUT2D eigenvalue weighted by atomic mass is 10.1. The molecule has 1 rings (SSSR count). The highest BCUT2D eigenvalue weighted by atomic mass is 16.6. The van der Waals surface area contributed by atoms with Crippen molar-refractivity contribution in [3.8, 4) is 0 Å². The van der Waals surface area contributed by atoms with Crippen LogP contribution in [0.3, 0.4) is 0 Å². The Morgan fingerprint density at radius 3 is 2.39 bits per heavy atom. The van der Waals surface area contributed by atoms with Gasteiger partial charge in [0.15, 0.2) is 0 Å². The van der Waals surface area contributed by atoms with Crippen molar-refractivity contribution in [3.05, 3.63) is 39.4 Å². The molecule has 0 aliphatic rings. The number of nitrogens with one attached hydrogen (secondary N) is 1. The van der Waals surface area contributed by atoms with Crippen molar-refractivity contribution < 1.29 is 19.6 Å². The number of nitro groups is 1. The van der Waals surface area contributed by atoms with Crippen LogP contribution in [0.4, 0.5) is 5.69 Å². The molecule has 0 aliphatic carbocycles. The third-order valence-electron chi connectivity index (χ3n) is 2.11. The van der Waals surface area contributed by atoms with E-state index in [1.54, 1.807) is 13.8 Å². The summed E-state index contributed by atoms with van der Waals surface area (Å²) in [5, 5.41) is 22.0. The topological polar surface area (TPSA) is 110 Å². The average molecular weight is 252 g/mol. The van der Waals surface area contributed by atoms with Crippen LogP contribution < -0.4 is 5.32 Å². The van der Waals surface area contributed by atoms with Gasteiger partial charge in [0.25, 0.3) is 11.6 Å². The molecule has 0 spiro atoms. The van der Waals surface area contributed by atoms with Crippen LogP contribution in [0.25, 0.3) is 0 Å². The van der Waals surface area contributed by atoms with Crippen LogP contribution in [0.1, 0.15) is 34.6 Å². The zero-order valence-electron chi connectivity index (χ0n) is 9.84. The SMILES string of the molecule is CC(C)NC(=O)c1cc([N+](=O)[O-])ccc1C(=O)O. The molecule has 1 aromatic rings. The second-order valence-corrected chi connectivity index (χ2v) is 3.92. The number of rotatable bonds is 4. The summed E-state index contributed by atoms with van der Waals surface area (Å²) in [6, 6.07) is 2.87. The number of nitro benzene ring substituents is 1. The molecule has 0 fully saturated rings. The first-order valence-electron chi connectivity index (χ1n) is 5.15. The molecule has 0 radical (unpaired) electrons. The summed E-state index contributed by atoms with van der Waals surface area (Å²) in [6.07, 6.45) is 0. The Labute approximate surface area is 103 Å².